The molecule has 2 fully saturated rings. The standard InChI is InChI=1S/C9H12O3/c1-4-5-2-6(7(10)3-5)8(4)9(11)12/h4-6,8H,2-3H2,1H3,(H,11,12)/t4-,5-,6+,8+/m0/s1. The van der Waals surface area contributed by atoms with Crippen molar-refractivity contribution in [2.75, 3.05) is 0 Å². The normalized spacial score (nSPS) is 45.2. The van der Waals surface area contributed by atoms with Crippen LogP contribution >= 0.6 is 0 Å². The number of carbonyl (C=O) groups excluding carboxylic acids is 1. The lowest BCUT2D eigenvalue weighted by molar-refractivity contribution is -0.148. The van der Waals surface area contributed by atoms with E-state index >= 15 is 0 Å². The third-order valence-corrected chi connectivity index (χ3v) is 3.46. The molecule has 1 N–H and O–H groups in total. The Morgan fingerprint density at radius 3 is 2.67 bits per heavy atom. The molecule has 3 nitrogen and oxygen atoms in total. The number of fused-ring (bicyclic) bond motifs is 2. The lowest BCUT2D eigenvalue weighted by atomic mass is 9.80. The van der Waals surface area contributed by atoms with Crippen LogP contribution in [0.25, 0.3) is 0 Å². The van der Waals surface area contributed by atoms with Crippen LogP contribution < -0.4 is 0 Å². The Morgan fingerprint density at radius 2 is 2.25 bits per heavy atom. The average molecular weight is 168 g/mol. The second-order valence-corrected chi connectivity index (χ2v) is 4.00. The number of aliphatic carboxylic acids is 1. The molecule has 0 aromatic heterocycles. The van der Waals surface area contributed by atoms with Crippen molar-refractivity contribution in [3.8, 4) is 0 Å². The van der Waals surface area contributed by atoms with E-state index in [1.807, 2.05) is 6.92 Å². The molecule has 0 saturated heterocycles. The molecule has 0 aliphatic heterocycles. The molecule has 2 rings (SSSR count). The summed E-state index contributed by atoms with van der Waals surface area (Å²) in [5, 5.41) is 8.87. The van der Waals surface area contributed by atoms with Crippen LogP contribution in [0.2, 0.25) is 0 Å². The second-order valence-electron chi connectivity index (χ2n) is 4.00. The quantitative estimate of drug-likeness (QED) is 0.633. The summed E-state index contributed by atoms with van der Waals surface area (Å²) >= 11 is 0. The molecule has 2 bridgehead atoms. The maximum absolute atomic E-state index is 11.2. The number of Topliss-reactive ketones (excluding diaryl/α,β-unsaturated/α-hetero) is 1. The predicted molar refractivity (Wildman–Crippen MR) is 41.5 cm³/mol. The maximum Gasteiger partial charge on any atom is 0.307 e. The average Bonchev–Trinajstić information content (AvgIpc) is 2.44. The van der Waals surface area contributed by atoms with E-state index < -0.39 is 11.9 Å². The van der Waals surface area contributed by atoms with Gasteiger partial charge in [-0.15, -0.1) is 0 Å². The van der Waals surface area contributed by atoms with Gasteiger partial charge in [0, 0.05) is 12.3 Å². The zero-order valence-corrected chi connectivity index (χ0v) is 6.99. The highest BCUT2D eigenvalue weighted by Crippen LogP contribution is 2.50. The van der Waals surface area contributed by atoms with Crippen molar-refractivity contribution < 1.29 is 14.7 Å². The summed E-state index contributed by atoms with van der Waals surface area (Å²) in [4.78, 5) is 22.0. The number of hydrogen-bond acceptors (Lipinski definition) is 2. The van der Waals surface area contributed by atoms with Crippen LogP contribution in [0.3, 0.4) is 0 Å². The van der Waals surface area contributed by atoms with Crippen molar-refractivity contribution in [3.63, 3.8) is 0 Å². The van der Waals surface area contributed by atoms with Crippen LogP contribution in [0.1, 0.15) is 19.8 Å². The Bertz CT molecular complexity index is 246. The maximum atomic E-state index is 11.2. The molecule has 0 heterocycles. The van der Waals surface area contributed by atoms with Crippen molar-refractivity contribution in [2.45, 2.75) is 19.8 Å². The molecule has 0 aromatic carbocycles. The molecule has 2 aliphatic rings. The van der Waals surface area contributed by atoms with E-state index in [-0.39, 0.29) is 17.6 Å². The molecular weight excluding hydrogens is 156 g/mol. The van der Waals surface area contributed by atoms with Gasteiger partial charge in [-0.05, 0) is 18.3 Å². The molecular formula is C9H12O3. The van der Waals surface area contributed by atoms with Gasteiger partial charge in [-0.2, -0.15) is 0 Å². The fourth-order valence-corrected chi connectivity index (χ4v) is 2.75. The molecule has 66 valence electrons. The first kappa shape index (κ1) is 7.77. The minimum Gasteiger partial charge on any atom is -0.481 e. The van der Waals surface area contributed by atoms with Crippen LogP contribution in [-0.2, 0) is 9.59 Å². The first-order valence-electron chi connectivity index (χ1n) is 4.36. The lowest BCUT2D eigenvalue weighted by Gasteiger charge is -2.23. The summed E-state index contributed by atoms with van der Waals surface area (Å²) in [6.45, 7) is 1.95. The van der Waals surface area contributed by atoms with Crippen molar-refractivity contribution in [3.05, 3.63) is 0 Å². The van der Waals surface area contributed by atoms with Crippen molar-refractivity contribution in [1.29, 1.82) is 0 Å². The lowest BCUT2D eigenvalue weighted by Crippen LogP contribution is -2.32. The molecule has 2 saturated carbocycles. The predicted octanol–water partition coefficient (Wildman–Crippen LogP) is 0.932. The molecule has 4 atom stereocenters. The van der Waals surface area contributed by atoms with Crippen molar-refractivity contribution >= 4 is 11.8 Å². The van der Waals surface area contributed by atoms with Gasteiger partial charge >= 0.3 is 5.97 Å². The van der Waals surface area contributed by atoms with Crippen LogP contribution in [0.4, 0.5) is 0 Å². The largest absolute Gasteiger partial charge is 0.481 e. The number of carboxylic acid groups (broad SMARTS) is 1. The molecule has 0 amide bonds. The summed E-state index contributed by atoms with van der Waals surface area (Å²) < 4.78 is 0. The summed E-state index contributed by atoms with van der Waals surface area (Å²) in [6.07, 6.45) is 1.44. The molecule has 2 aliphatic carbocycles. The summed E-state index contributed by atoms with van der Waals surface area (Å²) in [5.74, 6) is -0.624. The third-order valence-electron chi connectivity index (χ3n) is 3.46. The summed E-state index contributed by atoms with van der Waals surface area (Å²) in [5.41, 5.74) is 0. The zero-order chi connectivity index (χ0) is 8.88. The van der Waals surface area contributed by atoms with Gasteiger partial charge in [-0.25, -0.2) is 0 Å². The number of carboxylic acids is 1. The second kappa shape index (κ2) is 2.31. The van der Waals surface area contributed by atoms with E-state index in [1.54, 1.807) is 0 Å². The summed E-state index contributed by atoms with van der Waals surface area (Å²) in [6, 6.07) is 0. The highest BCUT2D eigenvalue weighted by atomic mass is 16.4. The smallest absolute Gasteiger partial charge is 0.307 e. The monoisotopic (exact) mass is 168 g/mol. The van der Waals surface area contributed by atoms with E-state index in [0.717, 1.165) is 6.42 Å². The van der Waals surface area contributed by atoms with Gasteiger partial charge < -0.3 is 5.11 Å². The van der Waals surface area contributed by atoms with Gasteiger partial charge in [-0.1, -0.05) is 6.92 Å². The molecule has 0 spiro atoms. The van der Waals surface area contributed by atoms with Gasteiger partial charge in [0.25, 0.3) is 0 Å². The Kier molecular flexibility index (Phi) is 1.50. The molecule has 3 heteroatoms. The van der Waals surface area contributed by atoms with E-state index in [1.165, 1.54) is 0 Å². The summed E-state index contributed by atoms with van der Waals surface area (Å²) in [7, 11) is 0. The van der Waals surface area contributed by atoms with Crippen LogP contribution in [0.5, 0.6) is 0 Å². The Morgan fingerprint density at radius 1 is 1.58 bits per heavy atom. The number of ketones is 1. The van der Waals surface area contributed by atoms with Gasteiger partial charge in [0.15, 0.2) is 0 Å². The molecule has 12 heavy (non-hydrogen) atoms. The molecule has 0 aromatic rings. The number of hydrogen-bond donors (Lipinski definition) is 1. The zero-order valence-electron chi connectivity index (χ0n) is 6.99. The first-order valence-corrected chi connectivity index (χ1v) is 4.36. The first-order chi connectivity index (χ1) is 5.61. The SMILES string of the molecule is C[C@H]1[C@@H]2CC(=O)[C@@H](C2)[C@@H]1C(=O)O. The topological polar surface area (TPSA) is 54.4 Å². The Balaban J connectivity index is 2.26. The van der Waals surface area contributed by atoms with Gasteiger partial charge in [-0.3, -0.25) is 9.59 Å². The highest BCUT2D eigenvalue weighted by Gasteiger charge is 2.53. The Labute approximate surface area is 70.8 Å². The van der Waals surface area contributed by atoms with Crippen LogP contribution in [-0.4, -0.2) is 16.9 Å². The van der Waals surface area contributed by atoms with E-state index in [9.17, 15) is 9.59 Å². The highest BCUT2D eigenvalue weighted by molar-refractivity contribution is 5.90. The fraction of sp³-hybridized carbons (Fsp3) is 0.778. The number of rotatable bonds is 1. The van der Waals surface area contributed by atoms with E-state index in [2.05, 4.69) is 0 Å². The molecule has 0 unspecified atom stereocenters. The third kappa shape index (κ3) is 0.822. The van der Waals surface area contributed by atoms with Gasteiger partial charge in [0.05, 0.1) is 5.92 Å². The van der Waals surface area contributed by atoms with Gasteiger partial charge in [0.1, 0.15) is 5.78 Å². The van der Waals surface area contributed by atoms with Crippen LogP contribution in [0, 0.1) is 23.7 Å². The minimum atomic E-state index is -0.789. The number of carbonyl (C=O) groups is 2. The van der Waals surface area contributed by atoms with Crippen molar-refractivity contribution in [2.24, 2.45) is 23.7 Å². The van der Waals surface area contributed by atoms with E-state index in [4.69, 9.17) is 5.11 Å². The van der Waals surface area contributed by atoms with Gasteiger partial charge in [0.2, 0.25) is 0 Å². The molecule has 0 radical (unpaired) electrons. The van der Waals surface area contributed by atoms with E-state index in [0.29, 0.717) is 12.3 Å². The van der Waals surface area contributed by atoms with Crippen molar-refractivity contribution in [1.82, 2.24) is 0 Å². The fourth-order valence-electron chi connectivity index (χ4n) is 2.75. The van der Waals surface area contributed by atoms with Crippen LogP contribution in [0.15, 0.2) is 0 Å². The Hall–Kier alpha value is -0.860. The minimum absolute atomic E-state index is 0.164.